The highest BCUT2D eigenvalue weighted by molar-refractivity contribution is 7.92. The number of rotatable bonds is 1. The molecule has 1 aliphatic heterocycles. The minimum atomic E-state index is -3.55. The lowest BCUT2D eigenvalue weighted by Crippen LogP contribution is -1.97. The highest BCUT2D eigenvalue weighted by Gasteiger charge is 2.33. The van der Waals surface area contributed by atoms with E-state index in [1.54, 1.807) is 12.1 Å². The Bertz CT molecular complexity index is 2220. The van der Waals surface area contributed by atoms with Crippen LogP contribution in [0.3, 0.4) is 0 Å². The molecule has 1 aliphatic rings. The molecule has 2 heterocycles. The van der Waals surface area contributed by atoms with Gasteiger partial charge in [-0.25, -0.2) is 8.42 Å². The lowest BCUT2D eigenvalue weighted by atomic mass is 9.95. The molecule has 0 N–H and O–H groups in total. The summed E-state index contributed by atoms with van der Waals surface area (Å²) in [6, 6.07) is 36.7. The van der Waals surface area contributed by atoms with E-state index in [4.69, 9.17) is 0 Å². The Morgan fingerprint density at radius 1 is 0.514 bits per heavy atom. The van der Waals surface area contributed by atoms with Crippen LogP contribution in [-0.4, -0.2) is 13.0 Å². The Hall–Kier alpha value is -4.41. The van der Waals surface area contributed by atoms with Crippen molar-refractivity contribution in [1.29, 1.82) is 0 Å². The third-order valence-electron chi connectivity index (χ3n) is 7.93. The zero-order valence-corrected chi connectivity index (χ0v) is 20.9. The molecular weight excluding hydrogens is 474 g/mol. The van der Waals surface area contributed by atoms with Gasteiger partial charge in [0.2, 0.25) is 9.84 Å². The smallest absolute Gasteiger partial charge is 0.207 e. The first-order chi connectivity index (χ1) is 18.1. The van der Waals surface area contributed by atoms with Gasteiger partial charge in [0.15, 0.2) is 0 Å². The third-order valence-corrected chi connectivity index (χ3v) is 9.78. The maximum atomic E-state index is 13.4. The summed E-state index contributed by atoms with van der Waals surface area (Å²) in [5.74, 6) is 0. The number of fused-ring (bicyclic) bond motifs is 11. The zero-order chi connectivity index (χ0) is 24.9. The van der Waals surface area contributed by atoms with Crippen LogP contribution in [0.4, 0.5) is 0 Å². The number of hydrogen-bond acceptors (Lipinski definition) is 2. The normalized spacial score (nSPS) is 14.0. The van der Waals surface area contributed by atoms with Crippen LogP contribution in [0.1, 0.15) is 0 Å². The molecule has 8 rings (SSSR count). The van der Waals surface area contributed by atoms with Gasteiger partial charge >= 0.3 is 0 Å². The summed E-state index contributed by atoms with van der Waals surface area (Å²) in [5.41, 5.74) is 5.79. The van der Waals surface area contributed by atoms with Gasteiger partial charge in [-0.3, -0.25) is 0 Å². The summed E-state index contributed by atoms with van der Waals surface area (Å²) in [6.45, 7) is 0. The Labute approximate surface area is 214 Å². The predicted octanol–water partition coefficient (Wildman–Crippen LogP) is 8.12. The van der Waals surface area contributed by atoms with Gasteiger partial charge in [0.05, 0.1) is 20.8 Å². The van der Waals surface area contributed by atoms with E-state index in [1.807, 2.05) is 24.3 Å². The molecule has 0 fully saturated rings. The zero-order valence-electron chi connectivity index (χ0n) is 20.1. The fourth-order valence-corrected chi connectivity index (χ4v) is 8.08. The maximum absolute atomic E-state index is 13.4. The van der Waals surface area contributed by atoms with Gasteiger partial charge < -0.3 is 4.57 Å². The first-order valence-electron chi connectivity index (χ1n) is 12.4. The molecule has 7 aromatic rings. The van der Waals surface area contributed by atoms with Crippen LogP contribution < -0.4 is 0 Å². The summed E-state index contributed by atoms with van der Waals surface area (Å²) >= 11 is 0. The predicted molar refractivity (Wildman–Crippen MR) is 152 cm³/mol. The third kappa shape index (κ3) is 2.58. The number of sulfone groups is 1. The van der Waals surface area contributed by atoms with Gasteiger partial charge in [0, 0.05) is 39.9 Å². The van der Waals surface area contributed by atoms with Crippen LogP contribution >= 0.6 is 0 Å². The number of benzene rings is 6. The van der Waals surface area contributed by atoms with E-state index in [0.29, 0.717) is 9.79 Å². The van der Waals surface area contributed by atoms with Crippen LogP contribution in [0.5, 0.6) is 0 Å². The summed E-state index contributed by atoms with van der Waals surface area (Å²) in [6.07, 6.45) is 0. The molecule has 0 spiro atoms. The standard InChI is InChI=1S/C33H21NO2S/c1-34-32-21(20-17-18-25-24-11-6-7-16-29(24)37(35,36)30(25)19-20)14-8-15-28(32)31-26-12-4-2-9-22(26)23-10-3-5-13-27(23)33(31)34/h2-19H,1H3. The van der Waals surface area contributed by atoms with Crippen molar-refractivity contribution in [2.24, 2.45) is 7.05 Å². The van der Waals surface area contributed by atoms with Crippen LogP contribution in [0.15, 0.2) is 119 Å². The molecular formula is C33H21NO2S. The van der Waals surface area contributed by atoms with Crippen molar-refractivity contribution >= 4 is 53.2 Å². The Morgan fingerprint density at radius 2 is 1.11 bits per heavy atom. The molecule has 176 valence electrons. The molecule has 0 saturated carbocycles. The molecule has 37 heavy (non-hydrogen) atoms. The highest BCUT2D eigenvalue weighted by atomic mass is 32.2. The number of aryl methyl sites for hydroxylation is 1. The van der Waals surface area contributed by atoms with Gasteiger partial charge in [-0.1, -0.05) is 97.1 Å². The van der Waals surface area contributed by atoms with Gasteiger partial charge in [0.1, 0.15) is 0 Å². The van der Waals surface area contributed by atoms with Gasteiger partial charge in [-0.15, -0.1) is 0 Å². The Kier molecular flexibility index (Phi) is 3.97. The average molecular weight is 496 g/mol. The van der Waals surface area contributed by atoms with Crippen LogP contribution in [0, 0.1) is 0 Å². The molecule has 6 aromatic carbocycles. The van der Waals surface area contributed by atoms with E-state index < -0.39 is 9.84 Å². The van der Waals surface area contributed by atoms with Crippen molar-refractivity contribution in [1.82, 2.24) is 4.57 Å². The number of aromatic nitrogens is 1. The lowest BCUT2D eigenvalue weighted by Gasteiger charge is -2.10. The molecule has 0 bridgehead atoms. The molecule has 0 atom stereocenters. The monoisotopic (exact) mass is 495 g/mol. The van der Waals surface area contributed by atoms with E-state index in [-0.39, 0.29) is 0 Å². The Morgan fingerprint density at radius 3 is 1.92 bits per heavy atom. The number of para-hydroxylation sites is 1. The van der Waals surface area contributed by atoms with Crippen LogP contribution in [-0.2, 0) is 16.9 Å². The van der Waals surface area contributed by atoms with Gasteiger partial charge in [0.25, 0.3) is 0 Å². The van der Waals surface area contributed by atoms with E-state index in [9.17, 15) is 8.42 Å². The molecule has 0 saturated heterocycles. The van der Waals surface area contributed by atoms with Crippen molar-refractivity contribution in [3.05, 3.63) is 109 Å². The minimum absolute atomic E-state index is 0.387. The molecule has 1 aromatic heterocycles. The van der Waals surface area contributed by atoms with E-state index >= 15 is 0 Å². The van der Waals surface area contributed by atoms with E-state index in [0.717, 1.165) is 27.8 Å². The number of nitrogens with zero attached hydrogens (tertiary/aromatic N) is 1. The fourth-order valence-electron chi connectivity index (χ4n) is 6.37. The second kappa shape index (κ2) is 7.09. The minimum Gasteiger partial charge on any atom is -0.343 e. The first kappa shape index (κ1) is 20.7. The van der Waals surface area contributed by atoms with Gasteiger partial charge in [-0.2, -0.15) is 0 Å². The fraction of sp³-hybridized carbons (Fsp3) is 0.0303. The quantitative estimate of drug-likeness (QED) is 0.216. The molecule has 0 unspecified atom stereocenters. The summed E-state index contributed by atoms with van der Waals surface area (Å²) in [7, 11) is -1.43. The highest BCUT2D eigenvalue weighted by Crippen LogP contribution is 2.46. The van der Waals surface area contributed by atoms with E-state index in [2.05, 4.69) is 84.4 Å². The molecule has 3 nitrogen and oxygen atoms in total. The topological polar surface area (TPSA) is 39.1 Å². The van der Waals surface area contributed by atoms with Crippen molar-refractivity contribution in [3.63, 3.8) is 0 Å². The van der Waals surface area contributed by atoms with Crippen molar-refractivity contribution in [2.45, 2.75) is 9.79 Å². The summed E-state index contributed by atoms with van der Waals surface area (Å²) in [5, 5.41) is 7.32. The summed E-state index contributed by atoms with van der Waals surface area (Å²) in [4.78, 5) is 0.778. The lowest BCUT2D eigenvalue weighted by molar-refractivity contribution is 0.598. The first-order valence-corrected chi connectivity index (χ1v) is 13.8. The van der Waals surface area contributed by atoms with Crippen molar-refractivity contribution < 1.29 is 8.42 Å². The van der Waals surface area contributed by atoms with Gasteiger partial charge in [-0.05, 0) is 33.9 Å². The SMILES string of the molecule is Cn1c2c(-c3ccc4c(c3)S(=O)(=O)c3ccccc3-4)cccc2c2c3ccccc3c3ccccc3c21. The number of hydrogen-bond donors (Lipinski definition) is 0. The van der Waals surface area contributed by atoms with E-state index in [1.165, 1.54) is 37.8 Å². The molecule has 4 heteroatoms. The van der Waals surface area contributed by atoms with Crippen LogP contribution in [0.25, 0.3) is 65.6 Å². The maximum Gasteiger partial charge on any atom is 0.207 e. The Balaban J connectivity index is 1.50. The molecule has 0 amide bonds. The largest absolute Gasteiger partial charge is 0.343 e. The second-order valence-corrected chi connectivity index (χ2v) is 11.7. The average Bonchev–Trinajstić information content (AvgIpc) is 3.37. The molecule has 0 radical (unpaired) electrons. The van der Waals surface area contributed by atoms with Crippen LogP contribution in [0.2, 0.25) is 0 Å². The molecule has 0 aliphatic carbocycles. The summed E-state index contributed by atoms with van der Waals surface area (Å²) < 4.78 is 29.1. The second-order valence-electron chi connectivity index (χ2n) is 9.79. The van der Waals surface area contributed by atoms with Crippen molar-refractivity contribution in [2.75, 3.05) is 0 Å². The van der Waals surface area contributed by atoms with Crippen molar-refractivity contribution in [3.8, 4) is 22.3 Å².